The maximum Gasteiger partial charge on any atom is 0.124 e. The van der Waals surface area contributed by atoms with E-state index in [4.69, 9.17) is 4.74 Å². The normalized spacial score (nSPS) is 12.6. The summed E-state index contributed by atoms with van der Waals surface area (Å²) in [7, 11) is 0. The van der Waals surface area contributed by atoms with Crippen molar-refractivity contribution < 1.29 is 4.74 Å². The quantitative estimate of drug-likeness (QED) is 0.670. The minimum atomic E-state index is 0.364. The molecule has 1 atom stereocenters. The molecule has 1 N–H and O–H groups in total. The molecule has 0 aliphatic rings. The van der Waals surface area contributed by atoms with Gasteiger partial charge >= 0.3 is 0 Å². The molecule has 0 saturated heterocycles. The van der Waals surface area contributed by atoms with E-state index in [1.807, 2.05) is 0 Å². The molecule has 21 heavy (non-hydrogen) atoms. The molecule has 0 heterocycles. The molecule has 0 aliphatic carbocycles. The fourth-order valence-corrected chi connectivity index (χ4v) is 2.58. The van der Waals surface area contributed by atoms with E-state index in [-0.39, 0.29) is 0 Å². The number of nitrogens with zero attached hydrogens (tertiary/aromatic N) is 1. The molecule has 0 aromatic heterocycles. The Morgan fingerprint density at radius 3 is 2.43 bits per heavy atom. The van der Waals surface area contributed by atoms with Crippen molar-refractivity contribution in [2.24, 2.45) is 0 Å². The largest absolute Gasteiger partial charge is 0.493 e. The molecule has 120 valence electrons. The van der Waals surface area contributed by atoms with Crippen LogP contribution in [0.25, 0.3) is 0 Å². The summed E-state index contributed by atoms with van der Waals surface area (Å²) in [6.45, 7) is 13.9. The number of rotatable bonds is 11. The highest BCUT2D eigenvalue weighted by molar-refractivity contribution is 5.36. The second-order valence-corrected chi connectivity index (χ2v) is 5.31. The van der Waals surface area contributed by atoms with E-state index in [0.717, 1.165) is 51.4 Å². The summed E-state index contributed by atoms with van der Waals surface area (Å²) in [5, 5.41) is 3.61. The number of nitrogens with one attached hydrogen (secondary N) is 1. The molecule has 1 aromatic carbocycles. The van der Waals surface area contributed by atoms with Gasteiger partial charge in [0, 0.05) is 11.6 Å². The molecule has 0 radical (unpaired) electrons. The highest BCUT2D eigenvalue weighted by Crippen LogP contribution is 2.27. The van der Waals surface area contributed by atoms with Crippen molar-refractivity contribution in [3.8, 4) is 5.75 Å². The summed E-state index contributed by atoms with van der Waals surface area (Å²) in [5.41, 5.74) is 1.29. The fraction of sp³-hybridized carbons (Fsp3) is 0.667. The Kier molecular flexibility index (Phi) is 9.11. The van der Waals surface area contributed by atoms with Gasteiger partial charge in [-0.2, -0.15) is 0 Å². The van der Waals surface area contributed by atoms with Crippen molar-refractivity contribution in [3.63, 3.8) is 0 Å². The van der Waals surface area contributed by atoms with Crippen LogP contribution in [0.4, 0.5) is 0 Å². The maximum atomic E-state index is 5.92. The van der Waals surface area contributed by atoms with Crippen molar-refractivity contribution in [3.05, 3.63) is 29.8 Å². The average Bonchev–Trinajstić information content (AvgIpc) is 2.53. The Balaban J connectivity index is 2.79. The molecule has 0 aliphatic heterocycles. The summed E-state index contributed by atoms with van der Waals surface area (Å²) in [4.78, 5) is 2.47. The summed E-state index contributed by atoms with van der Waals surface area (Å²) in [6, 6.07) is 8.81. The van der Waals surface area contributed by atoms with Crippen LogP contribution in [-0.4, -0.2) is 37.7 Å². The van der Waals surface area contributed by atoms with Crippen molar-refractivity contribution in [2.75, 3.05) is 32.8 Å². The van der Waals surface area contributed by atoms with Gasteiger partial charge < -0.3 is 15.0 Å². The van der Waals surface area contributed by atoms with Gasteiger partial charge in [0.05, 0.1) is 6.61 Å². The van der Waals surface area contributed by atoms with Crippen molar-refractivity contribution in [2.45, 2.75) is 46.6 Å². The first kappa shape index (κ1) is 18.0. The fourth-order valence-electron chi connectivity index (χ4n) is 2.58. The third-order valence-electron chi connectivity index (χ3n) is 3.84. The minimum Gasteiger partial charge on any atom is -0.493 e. The van der Waals surface area contributed by atoms with E-state index in [2.05, 4.69) is 62.2 Å². The zero-order valence-corrected chi connectivity index (χ0v) is 14.2. The standard InChI is InChI=1S/C18H32N2O/c1-5-15-21-18-12-10-9-11-16(18)17(19-6-2)13-14-20(7-3)8-4/h9-12,17,19H,5-8,13-15H2,1-4H3. The van der Waals surface area contributed by atoms with Crippen LogP contribution in [0.5, 0.6) is 5.75 Å². The first-order valence-corrected chi connectivity index (χ1v) is 8.44. The maximum absolute atomic E-state index is 5.92. The van der Waals surface area contributed by atoms with Crippen molar-refractivity contribution in [1.29, 1.82) is 0 Å². The first-order valence-electron chi connectivity index (χ1n) is 8.44. The lowest BCUT2D eigenvalue weighted by molar-refractivity contribution is 0.276. The molecule has 0 saturated carbocycles. The van der Waals surface area contributed by atoms with Gasteiger partial charge in [-0.05, 0) is 45.1 Å². The van der Waals surface area contributed by atoms with Crippen LogP contribution < -0.4 is 10.1 Å². The van der Waals surface area contributed by atoms with E-state index in [1.54, 1.807) is 0 Å². The SMILES string of the molecule is CCCOc1ccccc1C(CCN(CC)CC)NCC. The second kappa shape index (κ2) is 10.6. The number of benzene rings is 1. The molecule has 3 heteroatoms. The lowest BCUT2D eigenvalue weighted by Crippen LogP contribution is -2.29. The Labute approximate surface area is 130 Å². The summed E-state index contributed by atoms with van der Waals surface area (Å²) >= 11 is 0. The second-order valence-electron chi connectivity index (χ2n) is 5.31. The van der Waals surface area contributed by atoms with Gasteiger partial charge in [-0.25, -0.2) is 0 Å². The number of hydrogen-bond donors (Lipinski definition) is 1. The first-order chi connectivity index (χ1) is 10.3. The van der Waals surface area contributed by atoms with Crippen LogP contribution in [0, 0.1) is 0 Å². The van der Waals surface area contributed by atoms with E-state index in [0.29, 0.717) is 6.04 Å². The van der Waals surface area contributed by atoms with Gasteiger partial charge in [-0.3, -0.25) is 0 Å². The number of hydrogen-bond acceptors (Lipinski definition) is 3. The molecule has 3 nitrogen and oxygen atoms in total. The smallest absolute Gasteiger partial charge is 0.124 e. The van der Waals surface area contributed by atoms with Gasteiger partial charge in [0.15, 0.2) is 0 Å². The third kappa shape index (κ3) is 6.06. The van der Waals surface area contributed by atoms with Gasteiger partial charge in [0.2, 0.25) is 0 Å². The van der Waals surface area contributed by atoms with Gasteiger partial charge in [0.25, 0.3) is 0 Å². The molecule has 0 bridgehead atoms. The average molecular weight is 292 g/mol. The molecule has 1 unspecified atom stereocenters. The van der Waals surface area contributed by atoms with E-state index in [1.165, 1.54) is 5.56 Å². The molecule has 0 spiro atoms. The van der Waals surface area contributed by atoms with Crippen LogP contribution in [-0.2, 0) is 0 Å². The minimum absolute atomic E-state index is 0.364. The highest BCUT2D eigenvalue weighted by Gasteiger charge is 2.16. The zero-order valence-electron chi connectivity index (χ0n) is 14.2. The molecule has 1 aromatic rings. The van der Waals surface area contributed by atoms with Gasteiger partial charge in [-0.1, -0.05) is 45.9 Å². The molecular formula is C18H32N2O. The summed E-state index contributed by atoms with van der Waals surface area (Å²) in [6.07, 6.45) is 2.15. The van der Waals surface area contributed by atoms with Gasteiger partial charge in [0.1, 0.15) is 5.75 Å². The van der Waals surface area contributed by atoms with E-state index in [9.17, 15) is 0 Å². The Hall–Kier alpha value is -1.06. The zero-order chi connectivity index (χ0) is 15.5. The van der Waals surface area contributed by atoms with Crippen LogP contribution in [0.15, 0.2) is 24.3 Å². The Morgan fingerprint density at radius 2 is 1.81 bits per heavy atom. The number of ether oxygens (including phenoxy) is 1. The number of para-hydroxylation sites is 1. The molecule has 0 amide bonds. The Morgan fingerprint density at radius 1 is 1.10 bits per heavy atom. The predicted molar refractivity (Wildman–Crippen MR) is 91.1 cm³/mol. The topological polar surface area (TPSA) is 24.5 Å². The predicted octanol–water partition coefficient (Wildman–Crippen LogP) is 3.86. The van der Waals surface area contributed by atoms with Crippen LogP contribution in [0.1, 0.15) is 52.1 Å². The third-order valence-corrected chi connectivity index (χ3v) is 3.84. The van der Waals surface area contributed by atoms with E-state index >= 15 is 0 Å². The molecular weight excluding hydrogens is 260 g/mol. The monoisotopic (exact) mass is 292 g/mol. The van der Waals surface area contributed by atoms with E-state index < -0.39 is 0 Å². The summed E-state index contributed by atoms with van der Waals surface area (Å²) in [5.74, 6) is 1.03. The lowest BCUT2D eigenvalue weighted by Gasteiger charge is -2.25. The van der Waals surface area contributed by atoms with Crippen LogP contribution in [0.3, 0.4) is 0 Å². The lowest BCUT2D eigenvalue weighted by atomic mass is 10.0. The molecule has 0 fully saturated rings. The highest BCUT2D eigenvalue weighted by atomic mass is 16.5. The van der Waals surface area contributed by atoms with Crippen LogP contribution in [0.2, 0.25) is 0 Å². The van der Waals surface area contributed by atoms with Crippen molar-refractivity contribution >= 4 is 0 Å². The van der Waals surface area contributed by atoms with Crippen molar-refractivity contribution in [1.82, 2.24) is 10.2 Å². The Bertz CT molecular complexity index is 377. The molecule has 1 rings (SSSR count). The van der Waals surface area contributed by atoms with Gasteiger partial charge in [-0.15, -0.1) is 0 Å². The summed E-state index contributed by atoms with van der Waals surface area (Å²) < 4.78 is 5.92. The van der Waals surface area contributed by atoms with Crippen LogP contribution >= 0.6 is 0 Å².